The first-order chi connectivity index (χ1) is 22.2. The molecule has 0 N–H and O–H groups in total. The third-order valence-electron chi connectivity index (χ3n) is 10.2. The third-order valence-corrected chi connectivity index (χ3v) is 10.2. The third kappa shape index (κ3) is 6.10. The van der Waals surface area contributed by atoms with Crippen LogP contribution in [0.2, 0.25) is 0 Å². The van der Waals surface area contributed by atoms with Crippen molar-refractivity contribution in [2.45, 2.75) is 66.0 Å². The zero-order valence-corrected chi connectivity index (χ0v) is 28.3. The molecule has 240 valence electrons. The van der Waals surface area contributed by atoms with Gasteiger partial charge in [0.25, 0.3) is 5.91 Å². The summed E-state index contributed by atoms with van der Waals surface area (Å²) < 4.78 is 10.5. The van der Waals surface area contributed by atoms with Gasteiger partial charge in [0.2, 0.25) is 0 Å². The molecular formula is C40H48N4O2. The van der Waals surface area contributed by atoms with E-state index in [2.05, 4.69) is 98.2 Å². The van der Waals surface area contributed by atoms with E-state index < -0.39 is 0 Å². The first-order valence-corrected chi connectivity index (χ1v) is 16.8. The number of allylic oxidation sites excluding steroid dienone is 6. The van der Waals surface area contributed by atoms with E-state index in [-0.39, 0.29) is 11.9 Å². The predicted molar refractivity (Wildman–Crippen MR) is 191 cm³/mol. The number of rotatable bonds is 11. The molecule has 2 aromatic heterocycles. The fourth-order valence-corrected chi connectivity index (χ4v) is 7.03. The van der Waals surface area contributed by atoms with E-state index in [9.17, 15) is 4.79 Å². The Morgan fingerprint density at radius 3 is 2.61 bits per heavy atom. The smallest absolute Gasteiger partial charge is 0.254 e. The number of carbonyl (C=O) groups is 1. The van der Waals surface area contributed by atoms with Crippen LogP contribution < -0.4 is 4.74 Å². The molecule has 4 aromatic rings. The lowest BCUT2D eigenvalue weighted by molar-refractivity contribution is 0.0733. The summed E-state index contributed by atoms with van der Waals surface area (Å²) in [6.07, 6.45) is 17.1. The minimum atomic E-state index is 0.0503. The summed E-state index contributed by atoms with van der Waals surface area (Å²) in [5.41, 5.74) is 7.12. The van der Waals surface area contributed by atoms with Crippen LogP contribution in [0.3, 0.4) is 0 Å². The van der Waals surface area contributed by atoms with Gasteiger partial charge in [-0.05, 0) is 92.7 Å². The Bertz CT molecular complexity index is 1860. The molecule has 1 saturated heterocycles. The largest absolute Gasteiger partial charge is 0.494 e. The fourth-order valence-electron chi connectivity index (χ4n) is 7.03. The Labute approximate surface area is 273 Å². The van der Waals surface area contributed by atoms with E-state index >= 15 is 0 Å². The highest BCUT2D eigenvalue weighted by Crippen LogP contribution is 2.39. The van der Waals surface area contributed by atoms with Crippen molar-refractivity contribution in [3.63, 3.8) is 0 Å². The van der Waals surface area contributed by atoms with Gasteiger partial charge in [-0.25, -0.2) is 4.98 Å². The van der Waals surface area contributed by atoms with E-state index in [0.717, 1.165) is 48.5 Å². The summed E-state index contributed by atoms with van der Waals surface area (Å²) in [7, 11) is 3.73. The molecule has 3 atom stereocenters. The molecule has 3 unspecified atom stereocenters. The number of carbonyl (C=O) groups excluding carboxylic acids is 1. The number of nitrogens with zero attached hydrogens (tertiary/aromatic N) is 4. The summed E-state index contributed by atoms with van der Waals surface area (Å²) in [5, 5.41) is 1.21. The monoisotopic (exact) mass is 616 g/mol. The van der Waals surface area contributed by atoms with Gasteiger partial charge in [-0.1, -0.05) is 69.0 Å². The molecule has 1 amide bonds. The molecule has 0 spiro atoms. The van der Waals surface area contributed by atoms with Gasteiger partial charge in [-0.15, -0.1) is 0 Å². The summed E-state index contributed by atoms with van der Waals surface area (Å²) in [6.45, 7) is 14.3. The molecule has 6 heteroatoms. The number of likely N-dealkylation sites (tertiary alicyclic amines) is 1. The highest BCUT2D eigenvalue weighted by Gasteiger charge is 2.37. The Morgan fingerprint density at radius 1 is 1.13 bits per heavy atom. The second kappa shape index (κ2) is 13.2. The van der Waals surface area contributed by atoms with Crippen molar-refractivity contribution >= 4 is 33.9 Å². The van der Waals surface area contributed by atoms with Crippen molar-refractivity contribution in [3.8, 4) is 17.3 Å². The minimum Gasteiger partial charge on any atom is -0.494 e. The Kier molecular flexibility index (Phi) is 9.08. The summed E-state index contributed by atoms with van der Waals surface area (Å²) in [6, 6.07) is 13.0. The summed E-state index contributed by atoms with van der Waals surface area (Å²) in [4.78, 5) is 21.0. The molecule has 1 saturated carbocycles. The minimum absolute atomic E-state index is 0.0503. The van der Waals surface area contributed by atoms with E-state index in [4.69, 9.17) is 9.72 Å². The van der Waals surface area contributed by atoms with Gasteiger partial charge >= 0.3 is 0 Å². The second-order valence-electron chi connectivity index (χ2n) is 13.4. The van der Waals surface area contributed by atoms with Crippen LogP contribution >= 0.6 is 0 Å². The van der Waals surface area contributed by atoms with Crippen LogP contribution in [-0.2, 0) is 13.6 Å². The first kappa shape index (κ1) is 31.7. The number of benzene rings is 2. The average molecular weight is 617 g/mol. The number of hydrogen-bond acceptors (Lipinski definition) is 3. The van der Waals surface area contributed by atoms with Crippen LogP contribution in [0.4, 0.5) is 0 Å². The van der Waals surface area contributed by atoms with Gasteiger partial charge < -0.3 is 18.8 Å². The highest BCUT2D eigenvalue weighted by atomic mass is 16.5. The number of ether oxygens (including phenoxy) is 1. The Balaban J connectivity index is 1.36. The van der Waals surface area contributed by atoms with Gasteiger partial charge in [0.1, 0.15) is 11.3 Å². The molecule has 0 radical (unpaired) electrons. The van der Waals surface area contributed by atoms with Crippen molar-refractivity contribution < 1.29 is 9.53 Å². The first-order valence-electron chi connectivity index (χ1n) is 16.8. The van der Waals surface area contributed by atoms with Crippen LogP contribution in [0.15, 0.2) is 78.9 Å². The number of amides is 1. The number of aromatic nitrogens is 3. The fraction of sp³-hybridized carbons (Fsp3) is 0.400. The topological polar surface area (TPSA) is 52.3 Å². The zero-order chi connectivity index (χ0) is 32.5. The maximum atomic E-state index is 13.8. The molecule has 46 heavy (non-hydrogen) atoms. The SMILES string of the molecule is C=C/C=C(\C=C/C)CC/C=C/c1ccc2cc(-c3nc4cc(C(=O)N5CC(C)C(C)C5C)cc(OC)c4n3C)n(CC3CC3)c2c1. The van der Waals surface area contributed by atoms with Gasteiger partial charge in [0, 0.05) is 42.6 Å². The van der Waals surface area contributed by atoms with Crippen LogP contribution in [0, 0.1) is 17.8 Å². The lowest BCUT2D eigenvalue weighted by atomic mass is 9.95. The quantitative estimate of drug-likeness (QED) is 0.158. The van der Waals surface area contributed by atoms with Gasteiger partial charge in [0.05, 0.1) is 18.3 Å². The van der Waals surface area contributed by atoms with Crippen LogP contribution in [0.5, 0.6) is 5.75 Å². The van der Waals surface area contributed by atoms with Crippen molar-refractivity contribution in [2.24, 2.45) is 24.8 Å². The highest BCUT2D eigenvalue weighted by molar-refractivity contribution is 6.00. The van der Waals surface area contributed by atoms with Gasteiger partial charge in [-0.2, -0.15) is 0 Å². The lowest BCUT2D eigenvalue weighted by Crippen LogP contribution is -2.35. The van der Waals surface area contributed by atoms with Crippen molar-refractivity contribution in [2.75, 3.05) is 13.7 Å². The number of methoxy groups -OCH3 is 1. The van der Waals surface area contributed by atoms with E-state index in [1.54, 1.807) is 7.11 Å². The van der Waals surface area contributed by atoms with E-state index in [1.807, 2.05) is 30.0 Å². The van der Waals surface area contributed by atoms with Crippen molar-refractivity contribution in [3.05, 3.63) is 90.1 Å². The Morgan fingerprint density at radius 2 is 1.93 bits per heavy atom. The molecule has 3 heterocycles. The number of imidazole rings is 1. The predicted octanol–water partition coefficient (Wildman–Crippen LogP) is 9.21. The second-order valence-corrected chi connectivity index (χ2v) is 13.4. The molecule has 2 fully saturated rings. The van der Waals surface area contributed by atoms with E-state index in [0.29, 0.717) is 29.1 Å². The van der Waals surface area contributed by atoms with Crippen molar-refractivity contribution in [1.29, 1.82) is 0 Å². The molecule has 6 rings (SSSR count). The van der Waals surface area contributed by atoms with Crippen molar-refractivity contribution in [1.82, 2.24) is 19.0 Å². The van der Waals surface area contributed by atoms with Crippen LogP contribution in [0.1, 0.15) is 69.3 Å². The molecule has 0 bridgehead atoms. The zero-order valence-electron chi connectivity index (χ0n) is 28.3. The standard InChI is InChI=1S/C40H48N4O2/c1-8-12-29(13-9-2)14-10-11-15-30-18-19-32-22-36(44(35(32)20-30)25-31-16-17-31)39-41-34-21-33(23-37(46-7)38(34)42(39)6)40(45)43-24-26(3)27(4)28(43)5/h8-9,11-13,15,18-23,26-28,31H,1,10,14,16-17,24-25H2,2-7H3/b13-9-,15-11+,29-12+. The number of fused-ring (bicyclic) bond motifs is 2. The van der Waals surface area contributed by atoms with Crippen LogP contribution in [-0.4, -0.2) is 44.6 Å². The van der Waals surface area contributed by atoms with Crippen LogP contribution in [0.25, 0.3) is 39.5 Å². The van der Waals surface area contributed by atoms with Gasteiger partial charge in [-0.3, -0.25) is 4.79 Å². The summed E-state index contributed by atoms with van der Waals surface area (Å²) >= 11 is 0. The average Bonchev–Trinajstić information content (AvgIpc) is 3.65. The molecule has 1 aliphatic carbocycles. The summed E-state index contributed by atoms with van der Waals surface area (Å²) in [5.74, 6) is 3.24. The molecule has 2 aromatic carbocycles. The number of aryl methyl sites for hydroxylation is 1. The maximum absolute atomic E-state index is 13.8. The Hall–Kier alpha value is -4.32. The molecular weight excluding hydrogens is 568 g/mol. The molecule has 2 aliphatic rings. The number of hydrogen-bond donors (Lipinski definition) is 0. The molecule has 1 aliphatic heterocycles. The normalized spacial score (nSPS) is 20.6. The molecule has 6 nitrogen and oxygen atoms in total. The van der Waals surface area contributed by atoms with Gasteiger partial charge in [0.15, 0.2) is 5.82 Å². The maximum Gasteiger partial charge on any atom is 0.254 e. The lowest BCUT2D eigenvalue weighted by Gasteiger charge is -2.23. The van der Waals surface area contributed by atoms with E-state index in [1.165, 1.54) is 34.9 Å².